The van der Waals surface area contributed by atoms with E-state index in [-0.39, 0.29) is 10.8 Å². The van der Waals surface area contributed by atoms with Crippen LogP contribution in [0, 0.1) is 27.7 Å². The molecule has 7 nitrogen and oxygen atoms in total. The third kappa shape index (κ3) is 5.31. The van der Waals surface area contributed by atoms with Gasteiger partial charge in [-0.05, 0) is 81.4 Å². The zero-order valence-corrected chi connectivity index (χ0v) is 18.8. The van der Waals surface area contributed by atoms with Crippen molar-refractivity contribution in [3.63, 3.8) is 0 Å². The van der Waals surface area contributed by atoms with Gasteiger partial charge in [-0.2, -0.15) is 0 Å². The van der Waals surface area contributed by atoms with E-state index in [9.17, 15) is 8.42 Å². The number of anilines is 3. The second-order valence-electron chi connectivity index (χ2n) is 6.95. The fourth-order valence-electron chi connectivity index (χ4n) is 2.96. The van der Waals surface area contributed by atoms with Gasteiger partial charge < -0.3 is 10.6 Å². The average molecular weight is 442 g/mol. The van der Waals surface area contributed by atoms with Crippen LogP contribution in [0.5, 0.6) is 0 Å². The van der Waals surface area contributed by atoms with Crippen LogP contribution in [0.1, 0.15) is 22.5 Å². The Hall–Kier alpha value is -3.04. The van der Waals surface area contributed by atoms with Crippen molar-refractivity contribution < 1.29 is 8.42 Å². The number of sulfonamides is 1. The van der Waals surface area contributed by atoms with Gasteiger partial charge in [-0.15, -0.1) is 0 Å². The molecule has 156 valence electrons. The zero-order valence-electron chi connectivity index (χ0n) is 17.1. The summed E-state index contributed by atoms with van der Waals surface area (Å²) in [5.41, 5.74) is 5.15. The highest BCUT2D eigenvalue weighted by Crippen LogP contribution is 2.21. The van der Waals surface area contributed by atoms with Crippen LogP contribution in [0.15, 0.2) is 53.4 Å². The third-order valence-electron chi connectivity index (χ3n) is 4.35. The number of rotatable bonds is 5. The summed E-state index contributed by atoms with van der Waals surface area (Å²) in [6.45, 7) is 7.57. The van der Waals surface area contributed by atoms with Gasteiger partial charge in [0, 0.05) is 22.8 Å². The average Bonchev–Trinajstić information content (AvgIpc) is 2.64. The number of nitrogens with zero attached hydrogens (tertiary/aromatic N) is 2. The van der Waals surface area contributed by atoms with Crippen LogP contribution < -0.4 is 15.4 Å². The maximum absolute atomic E-state index is 12.6. The number of benzene rings is 2. The van der Waals surface area contributed by atoms with Crippen LogP contribution in [-0.2, 0) is 10.0 Å². The first kappa shape index (κ1) is 21.7. The van der Waals surface area contributed by atoms with Gasteiger partial charge in [-0.1, -0.05) is 18.2 Å². The van der Waals surface area contributed by atoms with Crippen molar-refractivity contribution in [2.45, 2.75) is 32.6 Å². The second kappa shape index (κ2) is 8.76. The first-order valence-electron chi connectivity index (χ1n) is 9.23. The van der Waals surface area contributed by atoms with Crippen LogP contribution in [0.3, 0.4) is 0 Å². The van der Waals surface area contributed by atoms with Crippen molar-refractivity contribution in [3.8, 4) is 0 Å². The quantitative estimate of drug-likeness (QED) is 0.508. The largest absolute Gasteiger partial charge is 0.332 e. The minimum atomic E-state index is -3.80. The first-order valence-corrected chi connectivity index (χ1v) is 11.1. The Bertz CT molecular complexity index is 1150. The number of aromatic nitrogens is 2. The van der Waals surface area contributed by atoms with Crippen LogP contribution >= 0.6 is 12.2 Å². The van der Waals surface area contributed by atoms with Gasteiger partial charge in [-0.3, -0.25) is 0 Å². The van der Waals surface area contributed by atoms with Crippen molar-refractivity contribution in [2.75, 3.05) is 15.4 Å². The normalized spacial score (nSPS) is 11.1. The molecule has 0 aliphatic heterocycles. The van der Waals surface area contributed by atoms with E-state index in [2.05, 4.69) is 25.3 Å². The molecule has 0 radical (unpaired) electrons. The lowest BCUT2D eigenvalue weighted by molar-refractivity contribution is 0.601. The lowest BCUT2D eigenvalue weighted by atomic mass is 10.1. The van der Waals surface area contributed by atoms with E-state index < -0.39 is 10.0 Å². The van der Waals surface area contributed by atoms with E-state index >= 15 is 0 Å². The van der Waals surface area contributed by atoms with Crippen molar-refractivity contribution in [1.29, 1.82) is 0 Å². The highest BCUT2D eigenvalue weighted by Gasteiger charge is 2.16. The molecule has 3 N–H and O–H groups in total. The Balaban J connectivity index is 1.70. The fourth-order valence-corrected chi connectivity index (χ4v) is 4.12. The zero-order chi connectivity index (χ0) is 21.9. The maximum Gasteiger partial charge on any atom is 0.264 e. The summed E-state index contributed by atoms with van der Waals surface area (Å²) in [4.78, 5) is 8.33. The summed E-state index contributed by atoms with van der Waals surface area (Å²) in [5.74, 6) is 0.0497. The number of thiocarbonyl (C=S) groups is 1. The summed E-state index contributed by atoms with van der Waals surface area (Å²) in [6, 6.07) is 14.1. The smallest absolute Gasteiger partial charge is 0.264 e. The Morgan fingerprint density at radius 1 is 0.867 bits per heavy atom. The van der Waals surface area contributed by atoms with Crippen LogP contribution in [0.2, 0.25) is 0 Å². The molecule has 0 fully saturated rings. The Labute approximate surface area is 182 Å². The summed E-state index contributed by atoms with van der Waals surface area (Å²) >= 11 is 5.39. The number of hydrogen-bond acceptors (Lipinski definition) is 5. The van der Waals surface area contributed by atoms with E-state index in [1.807, 2.05) is 32.0 Å². The molecule has 0 amide bonds. The summed E-state index contributed by atoms with van der Waals surface area (Å²) in [7, 11) is -3.80. The van der Waals surface area contributed by atoms with Gasteiger partial charge in [0.05, 0.1) is 4.90 Å². The first-order chi connectivity index (χ1) is 14.1. The molecule has 0 saturated carbocycles. The topological polar surface area (TPSA) is 96.0 Å². The number of nitrogens with one attached hydrogen (secondary N) is 3. The van der Waals surface area contributed by atoms with Gasteiger partial charge in [0.15, 0.2) is 5.11 Å². The molecular weight excluding hydrogens is 418 g/mol. The lowest BCUT2D eigenvalue weighted by Gasteiger charge is -2.15. The molecule has 0 spiro atoms. The van der Waals surface area contributed by atoms with Crippen molar-refractivity contribution in [2.24, 2.45) is 0 Å². The molecule has 30 heavy (non-hydrogen) atoms. The Morgan fingerprint density at radius 2 is 1.43 bits per heavy atom. The summed E-state index contributed by atoms with van der Waals surface area (Å²) in [5, 5.41) is 6.68. The summed E-state index contributed by atoms with van der Waals surface area (Å²) in [6.07, 6.45) is 0. The Kier molecular flexibility index (Phi) is 6.33. The lowest BCUT2D eigenvalue weighted by Crippen LogP contribution is -2.20. The van der Waals surface area contributed by atoms with Gasteiger partial charge in [0.25, 0.3) is 10.0 Å². The second-order valence-corrected chi connectivity index (χ2v) is 9.04. The molecule has 0 aliphatic carbocycles. The van der Waals surface area contributed by atoms with Gasteiger partial charge in [-0.25, -0.2) is 23.1 Å². The van der Waals surface area contributed by atoms with E-state index in [1.54, 1.807) is 32.0 Å². The Morgan fingerprint density at radius 3 is 2.00 bits per heavy atom. The molecule has 0 aliphatic rings. The molecule has 1 heterocycles. The third-order valence-corrected chi connectivity index (χ3v) is 5.90. The molecule has 1 aromatic heterocycles. The number of para-hydroxylation sites is 1. The molecule has 3 rings (SSSR count). The van der Waals surface area contributed by atoms with Crippen LogP contribution in [0.25, 0.3) is 0 Å². The van der Waals surface area contributed by atoms with E-state index in [0.29, 0.717) is 22.2 Å². The number of aryl methyl sites for hydroxylation is 4. The molecule has 2 aromatic carbocycles. The van der Waals surface area contributed by atoms with Crippen molar-refractivity contribution >= 4 is 44.7 Å². The standard InChI is InChI=1S/C21H23N5O2S2/c1-13-6-5-7-14(2)19(13)25-21(29)24-17-8-10-18(11-9-17)30(27,28)26-20-22-15(3)12-16(4)23-20/h5-12H,1-4H3,(H,22,23,26)(H2,24,25,29). The van der Waals surface area contributed by atoms with Crippen LogP contribution in [-0.4, -0.2) is 23.5 Å². The highest BCUT2D eigenvalue weighted by molar-refractivity contribution is 7.92. The fraction of sp³-hybridized carbons (Fsp3) is 0.190. The predicted molar refractivity (Wildman–Crippen MR) is 125 cm³/mol. The number of hydrogen-bond donors (Lipinski definition) is 3. The minimum absolute atomic E-state index is 0.0497. The monoisotopic (exact) mass is 441 g/mol. The molecule has 0 unspecified atom stereocenters. The molecule has 0 atom stereocenters. The molecular formula is C21H23N5O2S2. The van der Waals surface area contributed by atoms with E-state index in [4.69, 9.17) is 12.2 Å². The van der Waals surface area contributed by atoms with Gasteiger partial charge in [0.1, 0.15) is 0 Å². The van der Waals surface area contributed by atoms with E-state index in [1.165, 1.54) is 12.1 Å². The maximum atomic E-state index is 12.6. The molecule has 9 heteroatoms. The molecule has 3 aromatic rings. The highest BCUT2D eigenvalue weighted by atomic mass is 32.2. The predicted octanol–water partition coefficient (Wildman–Crippen LogP) is 4.32. The van der Waals surface area contributed by atoms with Crippen molar-refractivity contribution in [3.05, 3.63) is 71.0 Å². The van der Waals surface area contributed by atoms with E-state index in [0.717, 1.165) is 16.8 Å². The molecule has 0 bridgehead atoms. The van der Waals surface area contributed by atoms with Gasteiger partial charge in [0.2, 0.25) is 5.95 Å². The van der Waals surface area contributed by atoms with Crippen molar-refractivity contribution in [1.82, 2.24) is 9.97 Å². The van der Waals surface area contributed by atoms with Crippen LogP contribution in [0.4, 0.5) is 17.3 Å². The molecule has 0 saturated heterocycles. The van der Waals surface area contributed by atoms with Gasteiger partial charge >= 0.3 is 0 Å². The SMILES string of the molecule is Cc1cc(C)nc(NS(=O)(=O)c2ccc(NC(=S)Nc3c(C)cccc3C)cc2)n1. The minimum Gasteiger partial charge on any atom is -0.332 e. The summed E-state index contributed by atoms with van der Waals surface area (Å²) < 4.78 is 27.7.